The molecule has 10 heavy (non-hydrogen) atoms. The maximum atomic E-state index is 5.29. The summed E-state index contributed by atoms with van der Waals surface area (Å²) in [7, 11) is 0. The van der Waals surface area contributed by atoms with Crippen LogP contribution in [-0.4, -0.2) is 18.4 Å². The molecule has 2 N–H and O–H groups in total. The van der Waals surface area contributed by atoms with Crippen molar-refractivity contribution in [3.63, 3.8) is 0 Å². The molecule has 1 atom stereocenters. The van der Waals surface area contributed by atoms with Gasteiger partial charge in [0.1, 0.15) is 23.9 Å². The van der Waals surface area contributed by atoms with E-state index in [2.05, 4.69) is 6.92 Å². The standard InChI is InChI=1S/C7H15NOS/c1-6(7-2-3-7)10-9-5-4-8/h6-7H,2-5,8H2,1H3/p+1. The van der Waals surface area contributed by atoms with Crippen LogP contribution >= 0.6 is 0 Å². The number of hydrogen-bond donors (Lipinski definition) is 1. The Kier molecular flexibility index (Phi) is 3.52. The molecule has 1 fully saturated rings. The van der Waals surface area contributed by atoms with Crippen LogP contribution in [-0.2, 0) is 16.2 Å². The topological polar surface area (TPSA) is 35.2 Å². The smallest absolute Gasteiger partial charge is 0.148 e. The van der Waals surface area contributed by atoms with Crippen LogP contribution in [0.15, 0.2) is 0 Å². The second-order valence-corrected chi connectivity index (χ2v) is 4.09. The molecule has 60 valence electrons. The van der Waals surface area contributed by atoms with E-state index in [0.29, 0.717) is 13.2 Å². The Morgan fingerprint density at radius 3 is 2.90 bits per heavy atom. The van der Waals surface area contributed by atoms with E-state index < -0.39 is 0 Å². The monoisotopic (exact) mass is 162 g/mol. The largest absolute Gasteiger partial charge is 0.328 e. The first kappa shape index (κ1) is 8.37. The van der Waals surface area contributed by atoms with Gasteiger partial charge in [0.15, 0.2) is 0 Å². The molecular weight excluding hydrogens is 146 g/mol. The summed E-state index contributed by atoms with van der Waals surface area (Å²) in [4.78, 5) is 0. The Morgan fingerprint density at radius 2 is 2.40 bits per heavy atom. The molecule has 0 heterocycles. The summed E-state index contributed by atoms with van der Waals surface area (Å²) < 4.78 is 5.29. The van der Waals surface area contributed by atoms with Crippen molar-refractivity contribution in [3.8, 4) is 0 Å². The maximum absolute atomic E-state index is 5.29. The first-order chi connectivity index (χ1) is 4.84. The molecule has 1 unspecified atom stereocenters. The first-order valence-corrected chi connectivity index (χ1v) is 4.75. The van der Waals surface area contributed by atoms with Gasteiger partial charge in [0.2, 0.25) is 0 Å². The highest BCUT2D eigenvalue weighted by molar-refractivity contribution is 7.74. The van der Waals surface area contributed by atoms with Gasteiger partial charge in [-0.3, -0.25) is 0 Å². The molecule has 0 spiro atoms. The van der Waals surface area contributed by atoms with Crippen LogP contribution in [0.5, 0.6) is 0 Å². The quantitative estimate of drug-likeness (QED) is 0.363. The molecule has 2 nitrogen and oxygen atoms in total. The summed E-state index contributed by atoms with van der Waals surface area (Å²) >= 11 is 1.13. The van der Waals surface area contributed by atoms with Crippen molar-refractivity contribution < 1.29 is 4.18 Å². The molecule has 1 aliphatic rings. The highest BCUT2D eigenvalue weighted by Crippen LogP contribution is 2.34. The summed E-state index contributed by atoms with van der Waals surface area (Å²) in [5.41, 5.74) is 5.28. The van der Waals surface area contributed by atoms with Crippen molar-refractivity contribution in [2.45, 2.75) is 25.0 Å². The summed E-state index contributed by atoms with van der Waals surface area (Å²) in [6, 6.07) is 0. The third kappa shape index (κ3) is 2.90. The van der Waals surface area contributed by atoms with Gasteiger partial charge in [0.05, 0.1) is 0 Å². The van der Waals surface area contributed by atoms with Gasteiger partial charge in [-0.2, -0.15) is 4.18 Å². The lowest BCUT2D eigenvalue weighted by molar-refractivity contribution is 0.377. The van der Waals surface area contributed by atoms with Gasteiger partial charge >= 0.3 is 0 Å². The first-order valence-electron chi connectivity index (χ1n) is 3.86. The Hall–Kier alpha value is 0.270. The Balaban J connectivity index is 1.90. The third-order valence-electron chi connectivity index (χ3n) is 1.75. The molecule has 0 aromatic rings. The molecule has 0 radical (unpaired) electrons. The van der Waals surface area contributed by atoms with Crippen LogP contribution in [0, 0.1) is 5.92 Å². The number of nitrogens with two attached hydrogens (primary N) is 1. The van der Waals surface area contributed by atoms with Crippen molar-refractivity contribution in [2.24, 2.45) is 11.7 Å². The summed E-state index contributed by atoms with van der Waals surface area (Å²) in [5, 5.41) is 0.728. The molecule has 1 saturated carbocycles. The van der Waals surface area contributed by atoms with Crippen LogP contribution in [0.1, 0.15) is 19.8 Å². The molecular formula is C7H16NOS+. The van der Waals surface area contributed by atoms with Gasteiger partial charge in [0.25, 0.3) is 0 Å². The molecule has 0 aromatic carbocycles. The van der Waals surface area contributed by atoms with Crippen molar-refractivity contribution in [2.75, 3.05) is 13.2 Å². The molecule has 3 heteroatoms. The van der Waals surface area contributed by atoms with E-state index in [4.69, 9.17) is 9.92 Å². The average molecular weight is 162 g/mol. The molecule has 0 saturated heterocycles. The minimum Gasteiger partial charge on any atom is -0.328 e. The number of rotatable bonds is 5. The Labute approximate surface area is 66.7 Å². The van der Waals surface area contributed by atoms with Crippen molar-refractivity contribution in [1.82, 2.24) is 0 Å². The van der Waals surface area contributed by atoms with E-state index in [9.17, 15) is 0 Å². The highest BCUT2D eigenvalue weighted by atomic mass is 32.2. The van der Waals surface area contributed by atoms with Crippen LogP contribution in [0.2, 0.25) is 0 Å². The molecule has 0 amide bonds. The lowest BCUT2D eigenvalue weighted by Gasteiger charge is -1.98. The molecule has 1 rings (SSSR count). The SMILES string of the molecule is CC([SH+]OCCN)C1CC1. The van der Waals surface area contributed by atoms with Crippen molar-refractivity contribution in [3.05, 3.63) is 0 Å². The fourth-order valence-electron chi connectivity index (χ4n) is 0.888. The summed E-state index contributed by atoms with van der Waals surface area (Å²) in [6.45, 7) is 3.60. The molecule has 1 aliphatic carbocycles. The number of thiol groups is 1. The van der Waals surface area contributed by atoms with Crippen LogP contribution in [0.25, 0.3) is 0 Å². The Morgan fingerprint density at radius 1 is 1.70 bits per heavy atom. The van der Waals surface area contributed by atoms with Crippen molar-refractivity contribution >= 4 is 12.0 Å². The summed E-state index contributed by atoms with van der Waals surface area (Å²) in [6.07, 6.45) is 2.81. The van der Waals surface area contributed by atoms with Crippen LogP contribution in [0.4, 0.5) is 0 Å². The van der Waals surface area contributed by atoms with Gasteiger partial charge in [-0.05, 0) is 19.8 Å². The normalized spacial score (nSPS) is 21.0. The lowest BCUT2D eigenvalue weighted by Crippen LogP contribution is -2.14. The maximum Gasteiger partial charge on any atom is 0.148 e. The average Bonchev–Trinajstić information content (AvgIpc) is 2.69. The van der Waals surface area contributed by atoms with Gasteiger partial charge in [0, 0.05) is 12.5 Å². The van der Waals surface area contributed by atoms with E-state index in [1.165, 1.54) is 12.8 Å². The summed E-state index contributed by atoms with van der Waals surface area (Å²) in [5.74, 6) is 0.944. The Bertz CT molecular complexity index is 95.6. The fraction of sp³-hybridized carbons (Fsp3) is 1.00. The molecule has 0 aromatic heterocycles. The molecule has 0 bridgehead atoms. The second kappa shape index (κ2) is 4.21. The molecule has 0 aliphatic heterocycles. The van der Waals surface area contributed by atoms with Gasteiger partial charge < -0.3 is 5.73 Å². The van der Waals surface area contributed by atoms with Gasteiger partial charge in [-0.25, -0.2) is 0 Å². The van der Waals surface area contributed by atoms with E-state index in [1.807, 2.05) is 0 Å². The fourth-order valence-corrected chi connectivity index (χ4v) is 1.80. The van der Waals surface area contributed by atoms with E-state index in [0.717, 1.165) is 23.2 Å². The zero-order chi connectivity index (χ0) is 7.40. The van der Waals surface area contributed by atoms with Gasteiger partial charge in [-0.15, -0.1) is 0 Å². The van der Waals surface area contributed by atoms with E-state index in [1.54, 1.807) is 0 Å². The second-order valence-electron chi connectivity index (χ2n) is 2.81. The van der Waals surface area contributed by atoms with Crippen LogP contribution < -0.4 is 5.73 Å². The van der Waals surface area contributed by atoms with Crippen molar-refractivity contribution in [1.29, 1.82) is 0 Å². The predicted octanol–water partition coefficient (Wildman–Crippen LogP) is 0.490. The predicted molar refractivity (Wildman–Crippen MR) is 46.0 cm³/mol. The minimum absolute atomic E-state index is 0.643. The zero-order valence-corrected chi connectivity index (χ0v) is 7.31. The minimum atomic E-state index is 0.643. The van der Waals surface area contributed by atoms with E-state index >= 15 is 0 Å². The lowest BCUT2D eigenvalue weighted by atomic mass is 10.3. The van der Waals surface area contributed by atoms with Gasteiger partial charge in [-0.1, -0.05) is 0 Å². The highest BCUT2D eigenvalue weighted by Gasteiger charge is 2.33. The number of hydrogen-bond acceptors (Lipinski definition) is 2. The van der Waals surface area contributed by atoms with E-state index in [-0.39, 0.29) is 0 Å². The third-order valence-corrected chi connectivity index (χ3v) is 2.84. The zero-order valence-electron chi connectivity index (χ0n) is 6.42. The van der Waals surface area contributed by atoms with Crippen LogP contribution in [0.3, 0.4) is 0 Å².